The molecular weight excluding hydrogens is 364 g/mol. The van der Waals surface area contributed by atoms with Gasteiger partial charge in [-0.2, -0.15) is 5.10 Å². The maximum absolute atomic E-state index is 11.6. The van der Waals surface area contributed by atoms with Crippen molar-refractivity contribution in [2.75, 3.05) is 13.4 Å². The molecule has 10 heteroatoms. The van der Waals surface area contributed by atoms with Gasteiger partial charge in [-0.3, -0.25) is 0 Å². The van der Waals surface area contributed by atoms with Gasteiger partial charge in [-0.25, -0.2) is 23.0 Å². The summed E-state index contributed by atoms with van der Waals surface area (Å²) in [7, 11) is -2.28. The smallest absolute Gasteiger partial charge is 0.357 e. The first-order valence-corrected chi connectivity index (χ1v) is 9.81. The highest BCUT2D eigenvalue weighted by Crippen LogP contribution is 2.23. The van der Waals surface area contributed by atoms with E-state index in [1.807, 2.05) is 24.3 Å². The molecule has 0 bridgehead atoms. The molecule has 2 N–H and O–H groups in total. The van der Waals surface area contributed by atoms with Crippen LogP contribution in [0.5, 0.6) is 0 Å². The number of nitrogens with zero attached hydrogens (tertiary/aromatic N) is 2. The number of esters is 1. The first-order valence-electron chi connectivity index (χ1n) is 7.04. The number of hydrazone groups is 1. The summed E-state index contributed by atoms with van der Waals surface area (Å²) in [5, 5.41) is 6.79. The zero-order valence-electron chi connectivity index (χ0n) is 13.3. The van der Waals surface area contributed by atoms with Crippen LogP contribution in [0.1, 0.15) is 21.1 Å². The number of rotatable bonds is 5. The molecule has 1 aromatic carbocycles. The zero-order valence-corrected chi connectivity index (χ0v) is 14.9. The third-order valence-corrected chi connectivity index (χ3v) is 4.54. The van der Waals surface area contributed by atoms with Gasteiger partial charge in [0.2, 0.25) is 10.0 Å². The van der Waals surface area contributed by atoms with Crippen LogP contribution in [0.15, 0.2) is 40.9 Å². The molecule has 0 unspecified atom stereocenters. The van der Waals surface area contributed by atoms with Gasteiger partial charge in [0.1, 0.15) is 10.7 Å². The summed E-state index contributed by atoms with van der Waals surface area (Å²) in [6, 6.07) is 7.52. The summed E-state index contributed by atoms with van der Waals surface area (Å²) in [4.78, 5) is 21.1. The maximum atomic E-state index is 11.6. The number of methoxy groups -OCH3 is 1. The molecule has 0 amide bonds. The van der Waals surface area contributed by atoms with Crippen LogP contribution in [0, 0.1) is 0 Å². The predicted octanol–water partition coefficient (Wildman–Crippen LogP) is 1.71. The molecule has 2 heterocycles. The minimum atomic E-state index is -3.55. The fourth-order valence-corrected chi connectivity index (χ4v) is 3.25. The number of carbonyl (C=O) groups is 1. The summed E-state index contributed by atoms with van der Waals surface area (Å²) in [5.41, 5.74) is 1.98. The summed E-state index contributed by atoms with van der Waals surface area (Å²) in [5.74, 6) is -0.572. The van der Waals surface area contributed by atoms with Crippen molar-refractivity contribution in [3.8, 4) is 0 Å². The number of H-pyrrole nitrogens is 1. The van der Waals surface area contributed by atoms with E-state index in [1.54, 1.807) is 6.20 Å². The molecule has 8 nitrogen and oxygen atoms in total. The number of para-hydroxylation sites is 1. The van der Waals surface area contributed by atoms with Crippen molar-refractivity contribution in [1.29, 1.82) is 0 Å². The van der Waals surface area contributed by atoms with Gasteiger partial charge >= 0.3 is 5.97 Å². The summed E-state index contributed by atoms with van der Waals surface area (Å²) in [6.45, 7) is 0. The highest BCUT2D eigenvalue weighted by molar-refractivity contribution is 7.88. The number of fused-ring (bicyclic) bond motifs is 1. The zero-order chi connectivity index (χ0) is 18.0. The predicted molar refractivity (Wildman–Crippen MR) is 95.4 cm³/mol. The third kappa shape index (κ3) is 3.69. The normalized spacial score (nSPS) is 12.3. The van der Waals surface area contributed by atoms with E-state index < -0.39 is 16.0 Å². The number of sulfonamides is 1. The second-order valence-corrected chi connectivity index (χ2v) is 7.69. The molecule has 3 aromatic rings. The average Bonchev–Trinajstić information content (AvgIpc) is 3.21. The van der Waals surface area contributed by atoms with Gasteiger partial charge in [-0.1, -0.05) is 18.2 Å². The van der Waals surface area contributed by atoms with Crippen LogP contribution in [0.25, 0.3) is 10.9 Å². The van der Waals surface area contributed by atoms with Crippen LogP contribution in [0.4, 0.5) is 0 Å². The maximum Gasteiger partial charge on any atom is 0.357 e. The summed E-state index contributed by atoms with van der Waals surface area (Å²) < 4.78 is 27.5. The van der Waals surface area contributed by atoms with Gasteiger partial charge < -0.3 is 9.72 Å². The van der Waals surface area contributed by atoms with Gasteiger partial charge in [0.15, 0.2) is 5.69 Å². The lowest BCUT2D eigenvalue weighted by molar-refractivity contribution is 0.0595. The lowest BCUT2D eigenvalue weighted by Gasteiger charge is -2.03. The Balaban J connectivity index is 2.13. The van der Waals surface area contributed by atoms with Crippen LogP contribution < -0.4 is 4.83 Å². The number of hydrogen-bond donors (Lipinski definition) is 2. The van der Waals surface area contributed by atoms with Crippen molar-refractivity contribution in [2.24, 2.45) is 5.10 Å². The van der Waals surface area contributed by atoms with E-state index in [-0.39, 0.29) is 5.69 Å². The number of ether oxygens (including phenoxy) is 1. The van der Waals surface area contributed by atoms with E-state index in [9.17, 15) is 13.2 Å². The Morgan fingerprint density at radius 1 is 1.36 bits per heavy atom. The van der Waals surface area contributed by atoms with Crippen LogP contribution in [-0.4, -0.2) is 43.4 Å². The highest BCUT2D eigenvalue weighted by Gasteiger charge is 2.19. The van der Waals surface area contributed by atoms with Crippen molar-refractivity contribution < 1.29 is 17.9 Å². The van der Waals surface area contributed by atoms with Crippen molar-refractivity contribution in [3.05, 3.63) is 52.1 Å². The van der Waals surface area contributed by atoms with E-state index in [0.29, 0.717) is 16.3 Å². The number of benzene rings is 1. The van der Waals surface area contributed by atoms with Gasteiger partial charge in [0, 0.05) is 28.0 Å². The molecule has 0 aliphatic carbocycles. The lowest BCUT2D eigenvalue weighted by atomic mass is 10.1. The molecule has 0 spiro atoms. The van der Waals surface area contributed by atoms with E-state index in [0.717, 1.165) is 17.2 Å². The van der Waals surface area contributed by atoms with Crippen molar-refractivity contribution in [3.63, 3.8) is 0 Å². The van der Waals surface area contributed by atoms with Crippen LogP contribution >= 0.6 is 11.3 Å². The largest absolute Gasteiger partial charge is 0.464 e. The molecule has 0 aliphatic heterocycles. The van der Waals surface area contributed by atoms with E-state index in [2.05, 4.69) is 24.6 Å². The minimum Gasteiger partial charge on any atom is -0.464 e. The van der Waals surface area contributed by atoms with E-state index >= 15 is 0 Å². The Kier molecular flexibility index (Phi) is 4.55. The quantitative estimate of drug-likeness (QED) is 0.399. The SMILES string of the molecule is COC(=O)c1csc(/C(=N\NS(C)(=O)=O)c2c[nH]c3ccccc23)n1. The van der Waals surface area contributed by atoms with Crippen LogP contribution in [-0.2, 0) is 14.8 Å². The van der Waals surface area contributed by atoms with Crippen LogP contribution in [0.3, 0.4) is 0 Å². The highest BCUT2D eigenvalue weighted by atomic mass is 32.2. The lowest BCUT2D eigenvalue weighted by Crippen LogP contribution is -2.19. The number of hydrogen-bond acceptors (Lipinski definition) is 7. The van der Waals surface area contributed by atoms with Gasteiger partial charge in [-0.15, -0.1) is 11.3 Å². The summed E-state index contributed by atoms with van der Waals surface area (Å²) >= 11 is 1.17. The number of aromatic nitrogens is 2. The molecule has 0 saturated carbocycles. The number of aromatic amines is 1. The molecule has 0 aliphatic rings. The van der Waals surface area contributed by atoms with Crippen molar-refractivity contribution >= 4 is 43.9 Å². The Bertz CT molecular complexity index is 1070. The standard InChI is InChI=1S/C15H14N4O4S2/c1-23-15(20)12-8-24-14(17-12)13(18-19-25(2,21)22)10-7-16-11-6-4-3-5-9(10)11/h3-8,16,19H,1-2H3/b18-13-. The second kappa shape index (κ2) is 6.65. The minimum absolute atomic E-state index is 0.134. The molecule has 0 fully saturated rings. The number of nitrogens with one attached hydrogen (secondary N) is 2. The van der Waals surface area contributed by atoms with Crippen molar-refractivity contribution in [2.45, 2.75) is 0 Å². The Morgan fingerprint density at radius 2 is 2.12 bits per heavy atom. The number of carbonyl (C=O) groups excluding carboxylic acids is 1. The Labute approximate surface area is 147 Å². The third-order valence-electron chi connectivity index (χ3n) is 3.27. The molecule has 0 radical (unpaired) electrons. The first-order chi connectivity index (χ1) is 11.9. The second-order valence-electron chi connectivity index (χ2n) is 5.10. The fraction of sp³-hybridized carbons (Fsp3) is 0.133. The van der Waals surface area contributed by atoms with Gasteiger partial charge in [-0.05, 0) is 6.07 Å². The fourth-order valence-electron chi connectivity index (χ4n) is 2.20. The molecule has 0 atom stereocenters. The number of thiazole rings is 1. The molecule has 3 rings (SSSR count). The molecule has 2 aromatic heterocycles. The molecule has 25 heavy (non-hydrogen) atoms. The molecular formula is C15H14N4O4S2. The average molecular weight is 378 g/mol. The van der Waals surface area contributed by atoms with Crippen LogP contribution in [0.2, 0.25) is 0 Å². The Morgan fingerprint density at radius 3 is 2.84 bits per heavy atom. The molecule has 130 valence electrons. The Hall–Kier alpha value is -2.72. The first kappa shape index (κ1) is 17.1. The van der Waals surface area contributed by atoms with E-state index in [1.165, 1.54) is 23.8 Å². The monoisotopic (exact) mass is 378 g/mol. The molecule has 0 saturated heterocycles. The summed E-state index contributed by atoms with van der Waals surface area (Å²) in [6.07, 6.45) is 2.72. The van der Waals surface area contributed by atoms with Gasteiger partial charge in [0.05, 0.1) is 13.4 Å². The topological polar surface area (TPSA) is 114 Å². The van der Waals surface area contributed by atoms with Crippen molar-refractivity contribution in [1.82, 2.24) is 14.8 Å². The van der Waals surface area contributed by atoms with E-state index in [4.69, 9.17) is 0 Å². The van der Waals surface area contributed by atoms with Gasteiger partial charge in [0.25, 0.3) is 0 Å².